The molecule has 0 unspecified atom stereocenters. The van der Waals surface area contributed by atoms with Crippen LogP contribution in [0.2, 0.25) is 0 Å². The van der Waals surface area contributed by atoms with Gasteiger partial charge in [0.2, 0.25) is 0 Å². The first kappa shape index (κ1) is 14.9. The Morgan fingerprint density at radius 3 is 2.15 bits per heavy atom. The lowest BCUT2D eigenvalue weighted by molar-refractivity contribution is 0.770. The number of nitrogens with zero attached hydrogens (tertiary/aromatic N) is 1. The third kappa shape index (κ3) is 2.20. The van der Waals surface area contributed by atoms with Gasteiger partial charge in [-0.2, -0.15) is 0 Å². The molecular weight excluding hydrogens is 266 g/mol. The SMILES string of the molecule is CC(C)C1=CN(C(C)C)c2cccc3cccc1c23.Cl. The molecule has 20 heavy (non-hydrogen) atoms. The molecule has 0 bridgehead atoms. The maximum atomic E-state index is 2.41. The van der Waals surface area contributed by atoms with Gasteiger partial charge in [0, 0.05) is 23.3 Å². The molecule has 1 heterocycles. The van der Waals surface area contributed by atoms with Crippen LogP contribution < -0.4 is 4.90 Å². The maximum Gasteiger partial charge on any atom is 0.0494 e. The average Bonchev–Trinajstić information content (AvgIpc) is 2.39. The molecule has 1 nitrogen and oxygen atoms in total. The van der Waals surface area contributed by atoms with Crippen LogP contribution in [0.4, 0.5) is 5.69 Å². The van der Waals surface area contributed by atoms with Crippen LogP contribution >= 0.6 is 12.4 Å². The summed E-state index contributed by atoms with van der Waals surface area (Å²) in [5.41, 5.74) is 4.19. The largest absolute Gasteiger partial charge is 0.345 e. The molecule has 0 radical (unpaired) electrons. The summed E-state index contributed by atoms with van der Waals surface area (Å²) in [4.78, 5) is 2.41. The summed E-state index contributed by atoms with van der Waals surface area (Å²) in [6.07, 6.45) is 2.34. The minimum absolute atomic E-state index is 0. The zero-order valence-electron chi connectivity index (χ0n) is 12.6. The van der Waals surface area contributed by atoms with Crippen molar-refractivity contribution in [1.29, 1.82) is 0 Å². The van der Waals surface area contributed by atoms with Crippen LogP contribution in [0.3, 0.4) is 0 Å². The molecule has 0 amide bonds. The minimum atomic E-state index is 0. The van der Waals surface area contributed by atoms with Crippen molar-refractivity contribution < 1.29 is 0 Å². The average molecular weight is 288 g/mol. The van der Waals surface area contributed by atoms with Crippen LogP contribution in [0.5, 0.6) is 0 Å². The molecule has 0 aliphatic carbocycles. The van der Waals surface area contributed by atoms with Crippen molar-refractivity contribution in [1.82, 2.24) is 0 Å². The van der Waals surface area contributed by atoms with E-state index in [0.717, 1.165) is 0 Å². The molecule has 0 fully saturated rings. The van der Waals surface area contributed by atoms with Gasteiger partial charge in [-0.3, -0.25) is 0 Å². The van der Waals surface area contributed by atoms with Crippen LogP contribution in [0.1, 0.15) is 33.3 Å². The van der Waals surface area contributed by atoms with Crippen LogP contribution in [0, 0.1) is 5.92 Å². The molecule has 0 saturated carbocycles. The third-order valence-corrected chi connectivity index (χ3v) is 3.93. The number of halogens is 1. The van der Waals surface area contributed by atoms with Gasteiger partial charge in [0.1, 0.15) is 0 Å². The lowest BCUT2D eigenvalue weighted by Gasteiger charge is -2.33. The predicted molar refractivity (Wildman–Crippen MR) is 91.6 cm³/mol. The molecule has 1 aliphatic rings. The monoisotopic (exact) mass is 287 g/mol. The summed E-state index contributed by atoms with van der Waals surface area (Å²) in [5.74, 6) is 0.542. The van der Waals surface area contributed by atoms with Gasteiger partial charge in [0.25, 0.3) is 0 Å². The first-order chi connectivity index (χ1) is 9.09. The van der Waals surface area contributed by atoms with E-state index in [9.17, 15) is 0 Å². The van der Waals surface area contributed by atoms with Gasteiger partial charge in [0.05, 0.1) is 0 Å². The first-order valence-corrected chi connectivity index (χ1v) is 7.11. The summed E-state index contributed by atoms with van der Waals surface area (Å²) in [6, 6.07) is 13.7. The summed E-state index contributed by atoms with van der Waals surface area (Å²) in [7, 11) is 0. The van der Waals surface area contributed by atoms with E-state index in [1.807, 2.05) is 0 Å². The summed E-state index contributed by atoms with van der Waals surface area (Å²) < 4.78 is 0. The fourth-order valence-electron chi connectivity index (χ4n) is 2.95. The van der Waals surface area contributed by atoms with Crippen LogP contribution in [-0.2, 0) is 0 Å². The van der Waals surface area contributed by atoms with E-state index in [2.05, 4.69) is 75.2 Å². The van der Waals surface area contributed by atoms with Crippen molar-refractivity contribution in [2.24, 2.45) is 5.92 Å². The molecule has 2 heteroatoms. The zero-order valence-corrected chi connectivity index (χ0v) is 13.4. The molecular formula is C18H22ClN. The number of allylic oxidation sites excluding steroid dienone is 1. The second-order valence-electron chi connectivity index (χ2n) is 5.92. The fourth-order valence-corrected chi connectivity index (χ4v) is 2.95. The highest BCUT2D eigenvalue weighted by molar-refractivity contribution is 6.05. The molecule has 106 valence electrons. The molecule has 0 spiro atoms. The van der Waals surface area contributed by atoms with Gasteiger partial charge in [-0.25, -0.2) is 0 Å². The summed E-state index contributed by atoms with van der Waals surface area (Å²) in [6.45, 7) is 9.05. The second kappa shape index (κ2) is 5.49. The number of benzene rings is 2. The van der Waals surface area contributed by atoms with Crippen LogP contribution in [0.15, 0.2) is 42.6 Å². The number of hydrogen-bond acceptors (Lipinski definition) is 1. The van der Waals surface area contributed by atoms with Crippen LogP contribution in [0.25, 0.3) is 16.3 Å². The smallest absolute Gasteiger partial charge is 0.0494 e. The standard InChI is InChI=1S/C18H21N.ClH/c1-12(2)16-11-19(13(3)4)17-10-6-8-14-7-5-9-15(16)18(14)17;/h5-13H,1-4H3;1H. The quantitative estimate of drug-likeness (QED) is 0.706. The normalized spacial score (nSPS) is 13.7. The summed E-state index contributed by atoms with van der Waals surface area (Å²) in [5, 5.41) is 2.75. The lowest BCUT2D eigenvalue weighted by Crippen LogP contribution is -2.28. The number of anilines is 1. The van der Waals surface area contributed by atoms with Crippen molar-refractivity contribution >= 4 is 34.4 Å². The number of hydrogen-bond donors (Lipinski definition) is 0. The Bertz CT molecular complexity index is 650. The van der Waals surface area contributed by atoms with Crippen molar-refractivity contribution in [3.05, 3.63) is 48.2 Å². The Kier molecular flexibility index (Phi) is 4.10. The molecule has 3 rings (SSSR count). The summed E-state index contributed by atoms with van der Waals surface area (Å²) >= 11 is 0. The Labute approximate surface area is 127 Å². The first-order valence-electron chi connectivity index (χ1n) is 7.11. The minimum Gasteiger partial charge on any atom is -0.345 e. The van der Waals surface area contributed by atoms with Crippen molar-refractivity contribution in [2.75, 3.05) is 4.90 Å². The van der Waals surface area contributed by atoms with Crippen molar-refractivity contribution in [3.8, 4) is 0 Å². The molecule has 0 N–H and O–H groups in total. The van der Waals surface area contributed by atoms with Gasteiger partial charge >= 0.3 is 0 Å². The van der Waals surface area contributed by atoms with E-state index >= 15 is 0 Å². The molecule has 0 atom stereocenters. The Balaban J connectivity index is 0.00000147. The van der Waals surface area contributed by atoms with E-state index in [1.54, 1.807) is 0 Å². The highest BCUT2D eigenvalue weighted by Gasteiger charge is 2.22. The lowest BCUT2D eigenvalue weighted by atomic mass is 9.88. The van der Waals surface area contributed by atoms with E-state index in [4.69, 9.17) is 0 Å². The molecule has 2 aromatic rings. The van der Waals surface area contributed by atoms with Crippen molar-refractivity contribution in [2.45, 2.75) is 33.7 Å². The van der Waals surface area contributed by atoms with Gasteiger partial charge in [0.15, 0.2) is 0 Å². The Morgan fingerprint density at radius 1 is 0.900 bits per heavy atom. The van der Waals surface area contributed by atoms with Crippen LogP contribution in [-0.4, -0.2) is 6.04 Å². The van der Waals surface area contributed by atoms with Gasteiger partial charge < -0.3 is 4.90 Å². The van der Waals surface area contributed by atoms with Crippen molar-refractivity contribution in [3.63, 3.8) is 0 Å². The van der Waals surface area contributed by atoms with E-state index in [0.29, 0.717) is 12.0 Å². The fraction of sp³-hybridized carbons (Fsp3) is 0.333. The zero-order chi connectivity index (χ0) is 13.6. The Morgan fingerprint density at radius 2 is 1.55 bits per heavy atom. The van der Waals surface area contributed by atoms with Gasteiger partial charge in [-0.05, 0) is 42.4 Å². The third-order valence-electron chi connectivity index (χ3n) is 3.93. The Hall–Kier alpha value is -1.47. The maximum absolute atomic E-state index is 2.41. The highest BCUT2D eigenvalue weighted by Crippen LogP contribution is 2.41. The molecule has 1 aliphatic heterocycles. The second-order valence-corrected chi connectivity index (χ2v) is 5.92. The molecule has 0 aromatic heterocycles. The van der Waals surface area contributed by atoms with Gasteiger partial charge in [-0.15, -0.1) is 12.4 Å². The van der Waals surface area contributed by atoms with E-state index < -0.39 is 0 Å². The van der Waals surface area contributed by atoms with Gasteiger partial charge in [-0.1, -0.05) is 44.2 Å². The topological polar surface area (TPSA) is 3.24 Å². The van der Waals surface area contributed by atoms with E-state index in [1.165, 1.54) is 27.6 Å². The molecule has 0 saturated heterocycles. The number of rotatable bonds is 2. The molecule has 2 aromatic carbocycles. The highest BCUT2D eigenvalue weighted by atomic mass is 35.5. The predicted octanol–water partition coefficient (Wildman–Crippen LogP) is 5.49. The van der Waals surface area contributed by atoms with E-state index in [-0.39, 0.29) is 12.4 Å².